The molecule has 0 amide bonds. The van der Waals surface area contributed by atoms with Gasteiger partial charge in [-0.05, 0) is 32.6 Å². The number of aromatic nitrogens is 2. The van der Waals surface area contributed by atoms with Crippen LogP contribution < -0.4 is 4.57 Å². The van der Waals surface area contributed by atoms with Crippen LogP contribution in [0.1, 0.15) is 193 Å². The Morgan fingerprint density at radius 1 is 0.559 bits per heavy atom. The van der Waals surface area contributed by atoms with Gasteiger partial charge in [0.05, 0.1) is 12.0 Å². The highest BCUT2D eigenvalue weighted by molar-refractivity contribution is 4.90. The van der Waals surface area contributed by atoms with Gasteiger partial charge in [0.1, 0.15) is 12.4 Å². The van der Waals surface area contributed by atoms with Gasteiger partial charge in [-0.25, -0.2) is 9.55 Å². The second kappa shape index (κ2) is 22.7. The van der Waals surface area contributed by atoms with Crippen LogP contribution in [0, 0.1) is 0 Å². The van der Waals surface area contributed by atoms with Gasteiger partial charge in [0, 0.05) is 0 Å². The van der Waals surface area contributed by atoms with Crippen molar-refractivity contribution in [3.05, 3.63) is 18.2 Å². The molecule has 0 saturated heterocycles. The van der Waals surface area contributed by atoms with Crippen LogP contribution in [0.25, 0.3) is 0 Å². The van der Waals surface area contributed by atoms with Crippen LogP contribution in [0.2, 0.25) is 0 Å². The number of nitrogens with one attached hydrogen (secondary N) is 1. The van der Waals surface area contributed by atoms with Gasteiger partial charge in [-0.1, -0.05) is 143 Å². The fourth-order valence-electron chi connectivity index (χ4n) is 5.54. The highest BCUT2D eigenvalue weighted by atomic mass is 15.1. The van der Waals surface area contributed by atoms with E-state index in [-0.39, 0.29) is 0 Å². The predicted molar refractivity (Wildman–Crippen MR) is 152 cm³/mol. The molecule has 0 saturated carbocycles. The van der Waals surface area contributed by atoms with E-state index in [1.54, 1.807) is 0 Å². The predicted octanol–water partition coefficient (Wildman–Crippen LogP) is 11.0. The van der Waals surface area contributed by atoms with E-state index >= 15 is 0 Å². The van der Waals surface area contributed by atoms with Crippen molar-refractivity contribution < 1.29 is 4.57 Å². The van der Waals surface area contributed by atoms with Crippen LogP contribution in [-0.2, 0) is 0 Å². The topological polar surface area (TPSA) is 19.7 Å². The van der Waals surface area contributed by atoms with Crippen LogP contribution >= 0.6 is 0 Å². The molecule has 2 unspecified atom stereocenters. The van der Waals surface area contributed by atoms with Crippen molar-refractivity contribution in [3.8, 4) is 0 Å². The third-order valence-corrected chi connectivity index (χ3v) is 7.89. The van der Waals surface area contributed by atoms with E-state index in [1.807, 2.05) is 0 Å². The molecule has 200 valence electrons. The summed E-state index contributed by atoms with van der Waals surface area (Å²) in [5.74, 6) is 2.23. The van der Waals surface area contributed by atoms with Gasteiger partial charge < -0.3 is 0 Å². The summed E-state index contributed by atoms with van der Waals surface area (Å²) in [7, 11) is 0. The van der Waals surface area contributed by atoms with Crippen molar-refractivity contribution in [2.24, 2.45) is 0 Å². The molecule has 0 aliphatic rings. The molecule has 0 aliphatic carbocycles. The standard InChI is InChI=1S/C32H62N2/c1-5-8-11-13-14-15-16-17-18-19-21-24-27-31(26-23-20-12-9-6-2)32-33-28-29-34(32)30(4)25-22-10-7-3/h28-31H,5-27H2,1-4H3/p+1. The second-order valence-electron chi connectivity index (χ2n) is 11.2. The van der Waals surface area contributed by atoms with E-state index in [9.17, 15) is 0 Å². The molecule has 1 heterocycles. The second-order valence-corrected chi connectivity index (χ2v) is 11.2. The van der Waals surface area contributed by atoms with Crippen molar-refractivity contribution in [1.82, 2.24) is 4.98 Å². The zero-order chi connectivity index (χ0) is 24.7. The van der Waals surface area contributed by atoms with Gasteiger partial charge >= 0.3 is 0 Å². The number of unbranched alkanes of at least 4 members (excludes halogenated alkanes) is 17. The van der Waals surface area contributed by atoms with E-state index in [2.05, 4.69) is 49.6 Å². The minimum atomic E-state index is 0.623. The maximum atomic E-state index is 3.69. The summed E-state index contributed by atoms with van der Waals surface area (Å²) in [6.45, 7) is 9.36. The molecular weight excluding hydrogens is 412 g/mol. The average molecular weight is 476 g/mol. The zero-order valence-electron chi connectivity index (χ0n) is 24.0. The van der Waals surface area contributed by atoms with Crippen LogP contribution in [0.4, 0.5) is 0 Å². The fraction of sp³-hybridized carbons (Fsp3) is 0.906. The number of H-pyrrole nitrogens is 1. The molecule has 34 heavy (non-hydrogen) atoms. The Morgan fingerprint density at radius 3 is 1.41 bits per heavy atom. The van der Waals surface area contributed by atoms with Crippen LogP contribution in [0.3, 0.4) is 0 Å². The lowest BCUT2D eigenvalue weighted by atomic mass is 9.93. The molecule has 0 spiro atoms. The van der Waals surface area contributed by atoms with Gasteiger partial charge in [0.15, 0.2) is 0 Å². The number of rotatable bonds is 25. The van der Waals surface area contributed by atoms with Gasteiger partial charge in [-0.3, -0.25) is 0 Å². The normalized spacial score (nSPS) is 13.4. The van der Waals surface area contributed by atoms with Crippen LogP contribution in [-0.4, -0.2) is 4.98 Å². The Hall–Kier alpha value is -0.790. The highest BCUT2D eigenvalue weighted by Gasteiger charge is 2.25. The molecule has 0 aromatic carbocycles. The molecule has 2 atom stereocenters. The van der Waals surface area contributed by atoms with E-state index in [4.69, 9.17) is 0 Å². The molecule has 1 aromatic heterocycles. The van der Waals surface area contributed by atoms with Gasteiger partial charge in [0.2, 0.25) is 0 Å². The van der Waals surface area contributed by atoms with E-state index in [1.165, 1.54) is 154 Å². The van der Waals surface area contributed by atoms with Crippen molar-refractivity contribution >= 4 is 0 Å². The molecular formula is C32H63N2+. The Morgan fingerprint density at radius 2 is 0.941 bits per heavy atom. The maximum Gasteiger partial charge on any atom is 0.257 e. The number of hydrogen-bond acceptors (Lipinski definition) is 0. The Labute approximate surface area is 215 Å². The molecule has 0 aliphatic heterocycles. The van der Waals surface area contributed by atoms with Gasteiger partial charge in [-0.15, -0.1) is 0 Å². The molecule has 2 nitrogen and oxygen atoms in total. The summed E-state index contributed by atoms with van der Waals surface area (Å²) in [6.07, 6.45) is 36.8. The summed E-state index contributed by atoms with van der Waals surface area (Å²) < 4.78 is 2.59. The van der Waals surface area contributed by atoms with Crippen molar-refractivity contribution in [2.45, 2.75) is 187 Å². The maximum absolute atomic E-state index is 3.69. The van der Waals surface area contributed by atoms with Gasteiger partial charge in [0.25, 0.3) is 5.82 Å². The fourth-order valence-corrected chi connectivity index (χ4v) is 5.54. The first kappa shape index (κ1) is 31.2. The third-order valence-electron chi connectivity index (χ3n) is 7.89. The Kier molecular flexibility index (Phi) is 20.8. The molecule has 2 heteroatoms. The average Bonchev–Trinajstić information content (AvgIpc) is 3.33. The molecule has 1 N–H and O–H groups in total. The first-order chi connectivity index (χ1) is 16.7. The smallest absolute Gasteiger partial charge is 0.247 e. The molecule has 1 rings (SSSR count). The summed E-state index contributed by atoms with van der Waals surface area (Å²) in [4.78, 5) is 3.69. The summed E-state index contributed by atoms with van der Waals surface area (Å²) in [6, 6.07) is 0.623. The number of nitrogens with zero attached hydrogens (tertiary/aromatic N) is 1. The SMILES string of the molecule is CCCCCCCCCCCCCCC(CCCCCCC)c1[nH]cc[n+]1C(C)CCCCC. The monoisotopic (exact) mass is 475 g/mol. The lowest BCUT2D eigenvalue weighted by Gasteiger charge is -2.17. The molecule has 0 fully saturated rings. The van der Waals surface area contributed by atoms with E-state index < -0.39 is 0 Å². The summed E-state index contributed by atoms with van der Waals surface area (Å²) >= 11 is 0. The lowest BCUT2D eigenvalue weighted by Crippen LogP contribution is -2.41. The van der Waals surface area contributed by atoms with E-state index in [0.29, 0.717) is 12.0 Å². The quantitative estimate of drug-likeness (QED) is 0.107. The number of hydrogen-bond donors (Lipinski definition) is 1. The van der Waals surface area contributed by atoms with Gasteiger partial charge in [-0.2, -0.15) is 0 Å². The largest absolute Gasteiger partial charge is 0.257 e. The molecule has 0 bridgehead atoms. The minimum Gasteiger partial charge on any atom is -0.247 e. The number of imidazole rings is 1. The van der Waals surface area contributed by atoms with Crippen LogP contribution in [0.5, 0.6) is 0 Å². The van der Waals surface area contributed by atoms with Crippen molar-refractivity contribution in [3.63, 3.8) is 0 Å². The number of aromatic amines is 1. The minimum absolute atomic E-state index is 0.623. The van der Waals surface area contributed by atoms with Crippen molar-refractivity contribution in [2.75, 3.05) is 0 Å². The zero-order valence-corrected chi connectivity index (χ0v) is 24.0. The first-order valence-electron chi connectivity index (χ1n) is 15.8. The first-order valence-corrected chi connectivity index (χ1v) is 15.8. The summed E-state index contributed by atoms with van der Waals surface area (Å²) in [5, 5.41) is 0. The van der Waals surface area contributed by atoms with Crippen molar-refractivity contribution in [1.29, 1.82) is 0 Å². The Bertz CT molecular complexity index is 535. The third kappa shape index (κ3) is 15.3. The summed E-state index contributed by atoms with van der Waals surface area (Å²) in [5.41, 5.74) is 0. The Balaban J connectivity index is 2.38. The van der Waals surface area contributed by atoms with Crippen LogP contribution in [0.15, 0.2) is 12.4 Å². The highest BCUT2D eigenvalue weighted by Crippen LogP contribution is 2.27. The molecule has 1 aromatic rings. The van der Waals surface area contributed by atoms with E-state index in [0.717, 1.165) is 0 Å². The molecule has 0 radical (unpaired) electrons. The lowest BCUT2D eigenvalue weighted by molar-refractivity contribution is -0.727.